The van der Waals surface area contributed by atoms with E-state index in [1.165, 1.54) is 11.3 Å². The Hall–Kier alpha value is -0.500. The van der Waals surface area contributed by atoms with Crippen molar-refractivity contribution in [3.05, 3.63) is 22.4 Å². The van der Waals surface area contributed by atoms with Gasteiger partial charge >= 0.3 is 0 Å². The van der Waals surface area contributed by atoms with E-state index in [0.29, 0.717) is 0 Å². The molecular weight excluding hydrogens is 240 g/mol. The Morgan fingerprint density at radius 3 is 2.86 bits per heavy atom. The number of sulfonamides is 1. The highest BCUT2D eigenvalue weighted by atomic mass is 32.2. The third kappa shape index (κ3) is 4.14. The summed E-state index contributed by atoms with van der Waals surface area (Å²) in [4.78, 5) is -0.0252. The highest BCUT2D eigenvalue weighted by Crippen LogP contribution is 2.05. The average molecular weight is 250 g/mol. The molecule has 14 heavy (non-hydrogen) atoms. The number of nitrogens with two attached hydrogens (primary N) is 1. The molecule has 7 heteroatoms. The SMILES string of the molecule is NC(=S)CS(=O)(=O)NCc1ccsc1. The molecule has 0 amide bonds. The first-order valence-corrected chi connectivity index (χ1v) is 6.77. The second-order valence-electron chi connectivity index (χ2n) is 2.68. The summed E-state index contributed by atoms with van der Waals surface area (Å²) in [6.45, 7) is 0.286. The molecule has 0 bridgehead atoms. The summed E-state index contributed by atoms with van der Waals surface area (Å²) in [6, 6.07) is 1.86. The van der Waals surface area contributed by atoms with Crippen molar-refractivity contribution in [2.45, 2.75) is 6.54 Å². The summed E-state index contributed by atoms with van der Waals surface area (Å²) in [7, 11) is -3.37. The van der Waals surface area contributed by atoms with Crippen LogP contribution in [0.15, 0.2) is 16.8 Å². The predicted octanol–water partition coefficient (Wildman–Crippen LogP) is 0.454. The summed E-state index contributed by atoms with van der Waals surface area (Å²) >= 11 is 6.04. The summed E-state index contributed by atoms with van der Waals surface area (Å²) in [5.41, 5.74) is 6.07. The van der Waals surface area contributed by atoms with E-state index in [4.69, 9.17) is 5.73 Å². The maximum Gasteiger partial charge on any atom is 0.218 e. The Labute approximate surface area is 92.2 Å². The molecule has 0 aromatic carbocycles. The fraction of sp³-hybridized carbons (Fsp3) is 0.286. The summed E-state index contributed by atoms with van der Waals surface area (Å²) in [6.07, 6.45) is 0. The van der Waals surface area contributed by atoms with Crippen LogP contribution in [0.4, 0.5) is 0 Å². The molecule has 0 aliphatic carbocycles. The molecule has 0 spiro atoms. The number of hydrogen-bond donors (Lipinski definition) is 2. The van der Waals surface area contributed by atoms with E-state index >= 15 is 0 Å². The smallest absolute Gasteiger partial charge is 0.218 e. The normalized spacial score (nSPS) is 11.4. The molecule has 0 saturated carbocycles. The van der Waals surface area contributed by atoms with E-state index in [-0.39, 0.29) is 17.3 Å². The Morgan fingerprint density at radius 1 is 1.64 bits per heavy atom. The Bertz CT molecular complexity index is 397. The van der Waals surface area contributed by atoms with Crippen LogP contribution in [0.5, 0.6) is 0 Å². The minimum Gasteiger partial charge on any atom is -0.392 e. The topological polar surface area (TPSA) is 72.2 Å². The number of hydrogen-bond acceptors (Lipinski definition) is 4. The fourth-order valence-corrected chi connectivity index (χ4v) is 2.82. The van der Waals surface area contributed by atoms with Crippen molar-refractivity contribution in [3.8, 4) is 0 Å². The molecule has 0 aliphatic rings. The molecule has 0 radical (unpaired) electrons. The molecule has 0 atom stereocenters. The first-order valence-electron chi connectivity index (χ1n) is 3.76. The van der Waals surface area contributed by atoms with E-state index in [0.717, 1.165) is 5.56 Å². The van der Waals surface area contributed by atoms with Gasteiger partial charge in [-0.15, -0.1) is 0 Å². The van der Waals surface area contributed by atoms with Gasteiger partial charge < -0.3 is 5.73 Å². The maximum absolute atomic E-state index is 11.3. The molecule has 1 rings (SSSR count). The predicted molar refractivity (Wildman–Crippen MR) is 61.7 cm³/mol. The quantitative estimate of drug-likeness (QED) is 0.744. The summed E-state index contributed by atoms with van der Waals surface area (Å²) in [5, 5.41) is 3.76. The molecule has 0 saturated heterocycles. The van der Waals surface area contributed by atoms with Crippen LogP contribution in [0.3, 0.4) is 0 Å². The molecule has 78 valence electrons. The second kappa shape index (κ2) is 4.83. The lowest BCUT2D eigenvalue weighted by Crippen LogP contribution is -2.31. The third-order valence-corrected chi connectivity index (χ3v) is 3.74. The van der Waals surface area contributed by atoms with Gasteiger partial charge in [-0.3, -0.25) is 0 Å². The van der Waals surface area contributed by atoms with Crippen LogP contribution >= 0.6 is 23.6 Å². The second-order valence-corrected chi connectivity index (χ2v) is 5.79. The molecule has 0 fully saturated rings. The van der Waals surface area contributed by atoms with E-state index < -0.39 is 10.0 Å². The number of thiophene rings is 1. The highest BCUT2D eigenvalue weighted by Gasteiger charge is 2.10. The minimum absolute atomic E-state index is 0.0252. The van der Waals surface area contributed by atoms with Gasteiger partial charge in [-0.25, -0.2) is 13.1 Å². The Morgan fingerprint density at radius 2 is 2.36 bits per heavy atom. The van der Waals surface area contributed by atoms with Gasteiger partial charge in [0.1, 0.15) is 5.75 Å². The fourth-order valence-electron chi connectivity index (χ4n) is 0.825. The molecule has 0 aliphatic heterocycles. The molecule has 3 N–H and O–H groups in total. The van der Waals surface area contributed by atoms with Crippen LogP contribution in [0, 0.1) is 0 Å². The number of nitrogens with one attached hydrogen (secondary N) is 1. The van der Waals surface area contributed by atoms with Crippen LogP contribution in [-0.4, -0.2) is 19.2 Å². The zero-order valence-corrected chi connectivity index (χ0v) is 9.71. The van der Waals surface area contributed by atoms with Crippen molar-refractivity contribution < 1.29 is 8.42 Å². The molecular formula is C7H10N2O2S3. The Balaban J connectivity index is 2.49. The van der Waals surface area contributed by atoms with Gasteiger partial charge in [0.05, 0.1) is 4.99 Å². The zero-order chi connectivity index (χ0) is 10.6. The van der Waals surface area contributed by atoms with Crippen molar-refractivity contribution in [2.75, 3.05) is 5.75 Å². The van der Waals surface area contributed by atoms with Crippen LogP contribution in [0.2, 0.25) is 0 Å². The Kier molecular flexibility index (Phi) is 3.99. The lowest BCUT2D eigenvalue weighted by molar-refractivity contribution is 0.585. The van der Waals surface area contributed by atoms with Gasteiger partial charge in [-0.1, -0.05) is 12.2 Å². The molecule has 1 aromatic heterocycles. The van der Waals surface area contributed by atoms with E-state index in [1.54, 1.807) is 0 Å². The average Bonchev–Trinajstić information content (AvgIpc) is 2.50. The first kappa shape index (κ1) is 11.6. The number of thiocarbonyl (C=S) groups is 1. The van der Waals surface area contributed by atoms with Gasteiger partial charge in [0.25, 0.3) is 0 Å². The van der Waals surface area contributed by atoms with Gasteiger partial charge in [-0.2, -0.15) is 11.3 Å². The molecule has 4 nitrogen and oxygen atoms in total. The van der Waals surface area contributed by atoms with E-state index in [9.17, 15) is 8.42 Å². The van der Waals surface area contributed by atoms with E-state index in [1.807, 2.05) is 16.8 Å². The monoisotopic (exact) mass is 250 g/mol. The van der Waals surface area contributed by atoms with Gasteiger partial charge in [0, 0.05) is 6.54 Å². The van der Waals surface area contributed by atoms with Crippen LogP contribution in [0.1, 0.15) is 5.56 Å². The van der Waals surface area contributed by atoms with Gasteiger partial charge in [0.2, 0.25) is 10.0 Å². The standard InChI is InChI=1S/C7H10N2O2S3/c8-7(12)5-14(10,11)9-3-6-1-2-13-4-6/h1-2,4,9H,3,5H2,(H2,8,12). The minimum atomic E-state index is -3.37. The zero-order valence-electron chi connectivity index (χ0n) is 7.26. The lowest BCUT2D eigenvalue weighted by Gasteiger charge is -2.03. The highest BCUT2D eigenvalue weighted by molar-refractivity contribution is 7.92. The van der Waals surface area contributed by atoms with Gasteiger partial charge in [-0.05, 0) is 22.4 Å². The summed E-state index contributed by atoms with van der Waals surface area (Å²) in [5.74, 6) is -0.299. The first-order chi connectivity index (χ1) is 6.49. The van der Waals surface area contributed by atoms with Crippen LogP contribution in [0.25, 0.3) is 0 Å². The largest absolute Gasteiger partial charge is 0.392 e. The molecule has 1 heterocycles. The molecule has 0 unspecified atom stereocenters. The maximum atomic E-state index is 11.3. The van der Waals surface area contributed by atoms with Crippen molar-refractivity contribution in [2.24, 2.45) is 5.73 Å². The number of rotatable bonds is 5. The van der Waals surface area contributed by atoms with Crippen LogP contribution in [-0.2, 0) is 16.6 Å². The van der Waals surface area contributed by atoms with Crippen molar-refractivity contribution in [1.29, 1.82) is 0 Å². The van der Waals surface area contributed by atoms with Crippen molar-refractivity contribution in [1.82, 2.24) is 4.72 Å². The van der Waals surface area contributed by atoms with Gasteiger partial charge in [0.15, 0.2) is 0 Å². The third-order valence-electron chi connectivity index (χ3n) is 1.41. The van der Waals surface area contributed by atoms with E-state index in [2.05, 4.69) is 16.9 Å². The lowest BCUT2D eigenvalue weighted by atomic mass is 10.4. The summed E-state index contributed by atoms with van der Waals surface area (Å²) < 4.78 is 24.9. The molecule has 1 aromatic rings. The van der Waals surface area contributed by atoms with Crippen molar-refractivity contribution >= 4 is 38.6 Å². The van der Waals surface area contributed by atoms with Crippen molar-refractivity contribution in [3.63, 3.8) is 0 Å². The van der Waals surface area contributed by atoms with Crippen LogP contribution < -0.4 is 10.5 Å².